The van der Waals surface area contributed by atoms with Gasteiger partial charge in [-0.1, -0.05) is 0 Å². The molecular weight excluding hydrogens is 412 g/mol. The first-order valence-electron chi connectivity index (χ1n) is 9.41. The molecule has 1 saturated carbocycles. The van der Waals surface area contributed by atoms with E-state index in [1.54, 1.807) is 41.3 Å². The van der Waals surface area contributed by atoms with Crippen LogP contribution in [-0.2, 0) is 9.84 Å². The Morgan fingerprint density at radius 3 is 2.48 bits per heavy atom. The number of sulfone groups is 1. The van der Waals surface area contributed by atoms with Crippen LogP contribution in [0, 0.1) is 5.92 Å². The van der Waals surface area contributed by atoms with E-state index in [1.165, 1.54) is 6.26 Å². The van der Waals surface area contributed by atoms with E-state index in [1.807, 2.05) is 0 Å². The smallest absolute Gasteiger partial charge is 0.224 e. The van der Waals surface area contributed by atoms with Crippen molar-refractivity contribution >= 4 is 39.2 Å². The third kappa shape index (κ3) is 4.85. The van der Waals surface area contributed by atoms with Crippen LogP contribution in [0.25, 0.3) is 16.7 Å². The van der Waals surface area contributed by atoms with Crippen molar-refractivity contribution < 1.29 is 8.42 Å². The quantitative estimate of drug-likeness (QED) is 0.631. The van der Waals surface area contributed by atoms with E-state index in [4.69, 9.17) is 5.73 Å². The van der Waals surface area contributed by atoms with Crippen LogP contribution < -0.4 is 11.1 Å². The van der Waals surface area contributed by atoms with Crippen molar-refractivity contribution in [3.05, 3.63) is 36.7 Å². The van der Waals surface area contributed by atoms with E-state index in [0.717, 1.165) is 43.3 Å². The largest absolute Gasteiger partial charge is 0.354 e. The highest BCUT2D eigenvalue weighted by Crippen LogP contribution is 2.24. The number of hydrogen-bond acceptors (Lipinski definition) is 7. The zero-order chi connectivity index (χ0) is 19.7. The number of anilines is 1. The predicted molar refractivity (Wildman–Crippen MR) is 115 cm³/mol. The van der Waals surface area contributed by atoms with Crippen molar-refractivity contribution in [2.24, 2.45) is 11.7 Å². The number of aromatic nitrogens is 4. The maximum absolute atomic E-state index is 11.6. The average Bonchev–Trinajstić information content (AvgIpc) is 3.10. The van der Waals surface area contributed by atoms with Gasteiger partial charge < -0.3 is 11.1 Å². The van der Waals surface area contributed by atoms with Crippen LogP contribution in [0.1, 0.15) is 25.7 Å². The van der Waals surface area contributed by atoms with Gasteiger partial charge >= 0.3 is 0 Å². The van der Waals surface area contributed by atoms with E-state index >= 15 is 0 Å². The normalized spacial score (nSPS) is 19.7. The minimum absolute atomic E-state index is 0. The van der Waals surface area contributed by atoms with Crippen molar-refractivity contribution in [3.63, 3.8) is 0 Å². The zero-order valence-electron chi connectivity index (χ0n) is 16.2. The topological polar surface area (TPSA) is 116 Å². The van der Waals surface area contributed by atoms with Gasteiger partial charge in [0.15, 0.2) is 15.5 Å². The molecule has 0 unspecified atom stereocenters. The summed E-state index contributed by atoms with van der Waals surface area (Å²) in [6, 6.07) is 6.94. The summed E-state index contributed by atoms with van der Waals surface area (Å²) < 4.78 is 25.0. The van der Waals surface area contributed by atoms with Gasteiger partial charge in [-0.25, -0.2) is 18.1 Å². The second-order valence-electron chi connectivity index (χ2n) is 7.46. The van der Waals surface area contributed by atoms with E-state index in [9.17, 15) is 8.42 Å². The average molecular weight is 437 g/mol. The lowest BCUT2D eigenvalue weighted by Gasteiger charge is -2.26. The van der Waals surface area contributed by atoms with Crippen LogP contribution in [0.15, 0.2) is 41.6 Å². The molecule has 1 fully saturated rings. The zero-order valence-corrected chi connectivity index (χ0v) is 17.8. The van der Waals surface area contributed by atoms with Crippen LogP contribution in [-0.4, -0.2) is 47.0 Å². The van der Waals surface area contributed by atoms with Crippen LogP contribution >= 0.6 is 12.4 Å². The summed E-state index contributed by atoms with van der Waals surface area (Å²) >= 11 is 0. The van der Waals surface area contributed by atoms with Crippen molar-refractivity contribution in [2.75, 3.05) is 18.1 Å². The molecule has 156 valence electrons. The van der Waals surface area contributed by atoms with Gasteiger partial charge in [0, 0.05) is 25.0 Å². The number of nitrogens with one attached hydrogen (secondary N) is 1. The lowest BCUT2D eigenvalue weighted by molar-refractivity contribution is 0.338. The minimum Gasteiger partial charge on any atom is -0.354 e. The van der Waals surface area contributed by atoms with Gasteiger partial charge in [-0.3, -0.25) is 0 Å². The molecule has 3 N–H and O–H groups in total. The van der Waals surface area contributed by atoms with E-state index < -0.39 is 9.84 Å². The molecule has 1 aliphatic carbocycles. The van der Waals surface area contributed by atoms with E-state index in [2.05, 4.69) is 20.4 Å². The Hall–Kier alpha value is -2.23. The molecule has 29 heavy (non-hydrogen) atoms. The highest BCUT2D eigenvalue weighted by atomic mass is 35.5. The third-order valence-electron chi connectivity index (χ3n) is 5.26. The second kappa shape index (κ2) is 8.64. The molecule has 3 aromatic rings. The fourth-order valence-corrected chi connectivity index (χ4v) is 4.18. The first-order valence-corrected chi connectivity index (χ1v) is 11.3. The molecule has 1 aromatic carbocycles. The Labute approximate surface area is 176 Å². The fourth-order valence-electron chi connectivity index (χ4n) is 3.55. The number of benzene rings is 1. The minimum atomic E-state index is -3.23. The molecule has 0 atom stereocenters. The Bertz CT molecular complexity index is 1080. The maximum atomic E-state index is 11.6. The Morgan fingerprint density at radius 2 is 1.83 bits per heavy atom. The number of fused-ring (bicyclic) bond motifs is 1. The first kappa shape index (κ1) is 21.5. The van der Waals surface area contributed by atoms with E-state index in [0.29, 0.717) is 23.6 Å². The summed E-state index contributed by atoms with van der Waals surface area (Å²) in [7, 11) is -3.23. The Kier molecular flexibility index (Phi) is 6.40. The van der Waals surface area contributed by atoms with Crippen molar-refractivity contribution in [1.29, 1.82) is 0 Å². The summed E-state index contributed by atoms with van der Waals surface area (Å²) in [4.78, 5) is 9.27. The van der Waals surface area contributed by atoms with Crippen molar-refractivity contribution in [3.8, 4) is 5.69 Å². The molecule has 1 aliphatic rings. The standard InChI is InChI=1S/C19H24N6O2S.ClH/c1-28(26,27)17-8-6-16(7-9-17)25-18-14(12-23-25)11-22-19(24-18)21-10-13-2-4-15(20)5-3-13;/h6-9,11-13,15H,2-5,10,20H2,1H3,(H,21,22,24);1H. The summed E-state index contributed by atoms with van der Waals surface area (Å²) in [5, 5.41) is 8.54. The molecule has 0 bridgehead atoms. The van der Waals surface area contributed by atoms with Crippen LogP contribution in [0.3, 0.4) is 0 Å². The molecule has 2 aromatic heterocycles. The number of nitrogens with zero attached hydrogens (tertiary/aromatic N) is 4. The molecule has 2 heterocycles. The van der Waals surface area contributed by atoms with Crippen LogP contribution in [0.2, 0.25) is 0 Å². The van der Waals surface area contributed by atoms with E-state index in [-0.39, 0.29) is 17.3 Å². The number of hydrogen-bond donors (Lipinski definition) is 2. The molecule has 0 saturated heterocycles. The number of halogens is 1. The molecular formula is C19H25ClN6O2S. The van der Waals surface area contributed by atoms with Gasteiger partial charge in [0.25, 0.3) is 0 Å². The highest BCUT2D eigenvalue weighted by molar-refractivity contribution is 7.90. The first-order chi connectivity index (χ1) is 13.4. The molecule has 4 rings (SSSR count). The molecule has 0 amide bonds. The molecule has 0 aliphatic heterocycles. The number of nitrogens with two attached hydrogens (primary N) is 1. The lowest BCUT2D eigenvalue weighted by atomic mass is 9.86. The van der Waals surface area contributed by atoms with Crippen LogP contribution in [0.5, 0.6) is 0 Å². The predicted octanol–water partition coefficient (Wildman–Crippen LogP) is 2.57. The molecule has 0 spiro atoms. The summed E-state index contributed by atoms with van der Waals surface area (Å²) in [6.07, 6.45) is 9.03. The van der Waals surface area contributed by atoms with Crippen LogP contribution in [0.4, 0.5) is 5.95 Å². The molecule has 0 radical (unpaired) electrons. The molecule has 8 nitrogen and oxygen atoms in total. The van der Waals surface area contributed by atoms with Gasteiger partial charge in [0.05, 0.1) is 22.2 Å². The highest BCUT2D eigenvalue weighted by Gasteiger charge is 2.18. The molecule has 10 heteroatoms. The third-order valence-corrected chi connectivity index (χ3v) is 6.39. The van der Waals surface area contributed by atoms with Gasteiger partial charge in [0.2, 0.25) is 5.95 Å². The van der Waals surface area contributed by atoms with Gasteiger partial charge in [-0.2, -0.15) is 10.1 Å². The summed E-state index contributed by atoms with van der Waals surface area (Å²) in [5.74, 6) is 1.16. The Morgan fingerprint density at radius 1 is 1.14 bits per heavy atom. The number of rotatable bonds is 5. The fraction of sp³-hybridized carbons (Fsp3) is 0.421. The summed E-state index contributed by atoms with van der Waals surface area (Å²) in [6.45, 7) is 0.829. The SMILES string of the molecule is CS(=O)(=O)c1ccc(-n2ncc3cnc(NCC4CCC(N)CC4)nc32)cc1.Cl. The van der Waals surface area contributed by atoms with Crippen molar-refractivity contribution in [1.82, 2.24) is 19.7 Å². The Balaban J connectivity index is 0.00000240. The van der Waals surface area contributed by atoms with Gasteiger partial charge in [-0.15, -0.1) is 12.4 Å². The summed E-state index contributed by atoms with van der Waals surface area (Å²) in [5.41, 5.74) is 7.39. The van der Waals surface area contributed by atoms with Gasteiger partial charge in [-0.05, 0) is 55.9 Å². The van der Waals surface area contributed by atoms with Crippen molar-refractivity contribution in [2.45, 2.75) is 36.6 Å². The maximum Gasteiger partial charge on any atom is 0.224 e. The van der Waals surface area contributed by atoms with Gasteiger partial charge in [0.1, 0.15) is 0 Å². The monoisotopic (exact) mass is 436 g/mol. The second-order valence-corrected chi connectivity index (χ2v) is 9.47. The lowest BCUT2D eigenvalue weighted by Crippen LogP contribution is -2.29.